The number of halogens is 2. The minimum atomic E-state index is -0.448. The smallest absolute Gasteiger partial charge is 0.176 e. The first-order valence-corrected chi connectivity index (χ1v) is 5.73. The van der Waals surface area contributed by atoms with Crippen molar-refractivity contribution in [2.75, 3.05) is 0 Å². The van der Waals surface area contributed by atoms with E-state index in [0.29, 0.717) is 10.6 Å². The Morgan fingerprint density at radius 3 is 2.33 bits per heavy atom. The van der Waals surface area contributed by atoms with E-state index in [1.807, 2.05) is 0 Å². The van der Waals surface area contributed by atoms with Crippen LogP contribution < -0.4 is 0 Å². The average molecular weight is 290 g/mol. The van der Waals surface area contributed by atoms with E-state index in [1.54, 1.807) is 24.3 Å². The molecule has 0 amide bonds. The summed E-state index contributed by atoms with van der Waals surface area (Å²) in [5.41, 5.74) is 0.558. The van der Waals surface area contributed by atoms with Crippen LogP contribution in [-0.2, 0) is 4.79 Å². The van der Waals surface area contributed by atoms with Crippen molar-refractivity contribution in [2.45, 2.75) is 18.2 Å². The molecule has 1 atom stereocenters. The molecule has 0 spiro atoms. The fourth-order valence-corrected chi connectivity index (χ4v) is 1.99. The highest BCUT2D eigenvalue weighted by Crippen LogP contribution is 2.16. The van der Waals surface area contributed by atoms with Gasteiger partial charge in [-0.3, -0.25) is 9.59 Å². The minimum Gasteiger partial charge on any atom is -0.300 e. The Morgan fingerprint density at radius 1 is 1.33 bits per heavy atom. The van der Waals surface area contributed by atoms with Crippen LogP contribution in [0.4, 0.5) is 0 Å². The molecule has 0 radical (unpaired) electrons. The quantitative estimate of drug-likeness (QED) is 0.630. The molecule has 0 aromatic heterocycles. The summed E-state index contributed by atoms with van der Waals surface area (Å²) in [5.74, 6) is -0.110. The molecule has 80 valence electrons. The molecule has 0 aliphatic rings. The van der Waals surface area contributed by atoms with E-state index < -0.39 is 4.83 Å². The molecule has 4 heteroatoms. The zero-order valence-corrected chi connectivity index (χ0v) is 10.5. The molecule has 15 heavy (non-hydrogen) atoms. The van der Waals surface area contributed by atoms with Crippen molar-refractivity contribution in [1.29, 1.82) is 0 Å². The third-order valence-electron chi connectivity index (χ3n) is 1.88. The van der Waals surface area contributed by atoms with E-state index >= 15 is 0 Å². The fraction of sp³-hybridized carbons (Fsp3) is 0.273. The topological polar surface area (TPSA) is 34.1 Å². The van der Waals surface area contributed by atoms with Crippen LogP contribution in [0.25, 0.3) is 0 Å². The maximum atomic E-state index is 11.7. The largest absolute Gasteiger partial charge is 0.300 e. The molecule has 1 aromatic rings. The van der Waals surface area contributed by atoms with Gasteiger partial charge in [0.2, 0.25) is 0 Å². The summed E-state index contributed by atoms with van der Waals surface area (Å²) in [4.78, 5) is 22.1. The van der Waals surface area contributed by atoms with Crippen LogP contribution in [0.15, 0.2) is 24.3 Å². The lowest BCUT2D eigenvalue weighted by Gasteiger charge is -2.06. The second-order valence-corrected chi connectivity index (χ2v) is 4.79. The van der Waals surface area contributed by atoms with Gasteiger partial charge < -0.3 is 0 Å². The molecule has 0 saturated heterocycles. The van der Waals surface area contributed by atoms with Crippen LogP contribution in [-0.4, -0.2) is 16.4 Å². The molecule has 1 aromatic carbocycles. The highest BCUT2D eigenvalue weighted by Gasteiger charge is 2.18. The summed E-state index contributed by atoms with van der Waals surface area (Å²) in [6, 6.07) is 6.61. The molecule has 0 saturated carbocycles. The predicted molar refractivity (Wildman–Crippen MR) is 63.8 cm³/mol. The summed E-state index contributed by atoms with van der Waals surface area (Å²) < 4.78 is 0. The number of ketones is 2. The molecule has 0 aliphatic carbocycles. The van der Waals surface area contributed by atoms with E-state index in [0.717, 1.165) is 0 Å². The van der Waals surface area contributed by atoms with Crippen molar-refractivity contribution in [1.82, 2.24) is 0 Å². The molecule has 0 bridgehead atoms. The molecule has 0 fully saturated rings. The number of hydrogen-bond acceptors (Lipinski definition) is 2. The van der Waals surface area contributed by atoms with Crippen molar-refractivity contribution in [3.63, 3.8) is 0 Å². The minimum absolute atomic E-state index is 0.0146. The standard InChI is InChI=1S/C11H10BrClO2/c1-7(14)6-10(12)11(15)8-2-4-9(13)5-3-8/h2-5,10H,6H2,1H3. The molecular formula is C11H10BrClO2. The van der Waals surface area contributed by atoms with Gasteiger partial charge in [-0.2, -0.15) is 0 Å². The van der Waals surface area contributed by atoms with Crippen LogP contribution in [0.3, 0.4) is 0 Å². The van der Waals surface area contributed by atoms with Crippen LogP contribution in [0.5, 0.6) is 0 Å². The van der Waals surface area contributed by atoms with Gasteiger partial charge in [-0.25, -0.2) is 0 Å². The van der Waals surface area contributed by atoms with E-state index in [4.69, 9.17) is 11.6 Å². The van der Waals surface area contributed by atoms with Gasteiger partial charge in [0.15, 0.2) is 5.78 Å². The van der Waals surface area contributed by atoms with E-state index in [9.17, 15) is 9.59 Å². The zero-order chi connectivity index (χ0) is 11.4. The zero-order valence-electron chi connectivity index (χ0n) is 8.17. The van der Waals surface area contributed by atoms with E-state index in [-0.39, 0.29) is 18.0 Å². The van der Waals surface area contributed by atoms with Crippen LogP contribution in [0.1, 0.15) is 23.7 Å². The van der Waals surface area contributed by atoms with Crippen LogP contribution in [0, 0.1) is 0 Å². The van der Waals surface area contributed by atoms with Gasteiger partial charge in [-0.1, -0.05) is 27.5 Å². The molecular weight excluding hydrogens is 279 g/mol. The van der Waals surface area contributed by atoms with Crippen molar-refractivity contribution in [3.8, 4) is 0 Å². The summed E-state index contributed by atoms with van der Waals surface area (Å²) >= 11 is 8.90. The van der Waals surface area contributed by atoms with Gasteiger partial charge in [0, 0.05) is 17.0 Å². The third-order valence-corrected chi connectivity index (χ3v) is 2.87. The predicted octanol–water partition coefficient (Wildman–Crippen LogP) is 3.27. The summed E-state index contributed by atoms with van der Waals surface area (Å²) in [6.07, 6.45) is 0.210. The van der Waals surface area contributed by atoms with E-state index in [1.165, 1.54) is 6.92 Å². The van der Waals surface area contributed by atoms with E-state index in [2.05, 4.69) is 15.9 Å². The lowest BCUT2D eigenvalue weighted by molar-refractivity contribution is -0.116. The maximum absolute atomic E-state index is 11.7. The number of alkyl halides is 1. The Bertz CT molecular complexity index is 373. The highest BCUT2D eigenvalue weighted by molar-refractivity contribution is 9.10. The first-order chi connectivity index (χ1) is 7.00. The van der Waals surface area contributed by atoms with Gasteiger partial charge in [-0.15, -0.1) is 0 Å². The average Bonchev–Trinajstić information content (AvgIpc) is 2.17. The third kappa shape index (κ3) is 3.76. The monoisotopic (exact) mass is 288 g/mol. The van der Waals surface area contributed by atoms with Crippen molar-refractivity contribution < 1.29 is 9.59 Å². The molecule has 0 heterocycles. The molecule has 2 nitrogen and oxygen atoms in total. The Hall–Kier alpha value is -0.670. The van der Waals surface area contributed by atoms with Crippen LogP contribution in [0.2, 0.25) is 5.02 Å². The first kappa shape index (κ1) is 12.4. The summed E-state index contributed by atoms with van der Waals surface area (Å²) in [5, 5.41) is 0.587. The number of carbonyl (C=O) groups excluding carboxylic acids is 2. The molecule has 0 aliphatic heterocycles. The number of benzene rings is 1. The lowest BCUT2D eigenvalue weighted by atomic mass is 10.1. The van der Waals surface area contributed by atoms with Crippen molar-refractivity contribution in [2.24, 2.45) is 0 Å². The number of hydrogen-bond donors (Lipinski definition) is 0. The maximum Gasteiger partial charge on any atom is 0.176 e. The number of carbonyl (C=O) groups is 2. The Labute approximate surface area is 102 Å². The summed E-state index contributed by atoms with van der Waals surface area (Å²) in [7, 11) is 0. The van der Waals surface area contributed by atoms with Gasteiger partial charge in [-0.05, 0) is 31.2 Å². The van der Waals surface area contributed by atoms with Gasteiger partial charge in [0.05, 0.1) is 4.83 Å². The van der Waals surface area contributed by atoms with Crippen molar-refractivity contribution >= 4 is 39.1 Å². The van der Waals surface area contributed by atoms with Crippen molar-refractivity contribution in [3.05, 3.63) is 34.9 Å². The van der Waals surface area contributed by atoms with Crippen LogP contribution >= 0.6 is 27.5 Å². The number of Topliss-reactive ketones (excluding diaryl/α,β-unsaturated/α-hetero) is 2. The number of rotatable bonds is 4. The highest BCUT2D eigenvalue weighted by atomic mass is 79.9. The second-order valence-electron chi connectivity index (χ2n) is 3.24. The fourth-order valence-electron chi connectivity index (χ4n) is 1.14. The lowest BCUT2D eigenvalue weighted by Crippen LogP contribution is -2.17. The Balaban J connectivity index is 2.76. The summed E-state index contributed by atoms with van der Waals surface area (Å²) in [6.45, 7) is 1.46. The Kier molecular flexibility index (Phi) is 4.48. The molecule has 1 rings (SSSR count). The van der Waals surface area contributed by atoms with Gasteiger partial charge >= 0.3 is 0 Å². The van der Waals surface area contributed by atoms with Gasteiger partial charge in [0.25, 0.3) is 0 Å². The Morgan fingerprint density at radius 2 is 1.87 bits per heavy atom. The molecule has 0 N–H and O–H groups in total. The second kappa shape index (κ2) is 5.42. The molecule has 1 unspecified atom stereocenters. The normalized spacial score (nSPS) is 12.2. The van der Waals surface area contributed by atoms with Gasteiger partial charge in [0.1, 0.15) is 5.78 Å². The first-order valence-electron chi connectivity index (χ1n) is 4.44. The SMILES string of the molecule is CC(=O)CC(Br)C(=O)c1ccc(Cl)cc1.